The van der Waals surface area contributed by atoms with Gasteiger partial charge in [-0.1, -0.05) is 55.8 Å². The van der Waals surface area contributed by atoms with Gasteiger partial charge in [0, 0.05) is 40.6 Å². The van der Waals surface area contributed by atoms with Crippen LogP contribution < -0.4 is 5.32 Å². The maximum absolute atomic E-state index is 6.34. The SMILES string of the molecule is CC(C)(CNCc1cccc2[nH]ccc12)c1ccccc1Cl. The van der Waals surface area contributed by atoms with E-state index in [2.05, 4.69) is 54.5 Å². The van der Waals surface area contributed by atoms with E-state index in [0.29, 0.717) is 0 Å². The van der Waals surface area contributed by atoms with Crippen LogP contribution in [0.2, 0.25) is 5.02 Å². The van der Waals surface area contributed by atoms with E-state index in [0.717, 1.165) is 18.1 Å². The summed E-state index contributed by atoms with van der Waals surface area (Å²) in [7, 11) is 0. The lowest BCUT2D eigenvalue weighted by Crippen LogP contribution is -2.32. The molecule has 0 aliphatic carbocycles. The van der Waals surface area contributed by atoms with Crippen molar-refractivity contribution >= 4 is 22.5 Å². The minimum absolute atomic E-state index is 0.00954. The molecule has 1 aromatic heterocycles. The molecule has 3 aromatic rings. The monoisotopic (exact) mass is 312 g/mol. The van der Waals surface area contributed by atoms with Gasteiger partial charge in [-0.3, -0.25) is 0 Å². The Bertz CT molecular complexity index is 774. The minimum atomic E-state index is -0.00954. The number of hydrogen-bond donors (Lipinski definition) is 2. The highest BCUT2D eigenvalue weighted by atomic mass is 35.5. The minimum Gasteiger partial charge on any atom is -0.361 e. The van der Waals surface area contributed by atoms with E-state index >= 15 is 0 Å². The highest BCUT2D eigenvalue weighted by Crippen LogP contribution is 2.29. The number of benzene rings is 2. The number of hydrogen-bond acceptors (Lipinski definition) is 1. The number of aromatic nitrogens is 1. The van der Waals surface area contributed by atoms with Crippen LogP contribution in [0.25, 0.3) is 10.9 Å². The Kier molecular flexibility index (Phi) is 4.23. The highest BCUT2D eigenvalue weighted by molar-refractivity contribution is 6.31. The molecule has 2 aromatic carbocycles. The van der Waals surface area contributed by atoms with Gasteiger partial charge in [-0.2, -0.15) is 0 Å². The van der Waals surface area contributed by atoms with Gasteiger partial charge in [0.2, 0.25) is 0 Å². The van der Waals surface area contributed by atoms with Crippen LogP contribution >= 0.6 is 11.6 Å². The van der Waals surface area contributed by atoms with Crippen LogP contribution in [-0.4, -0.2) is 11.5 Å². The molecule has 0 aliphatic heterocycles. The van der Waals surface area contributed by atoms with Gasteiger partial charge in [-0.25, -0.2) is 0 Å². The molecule has 0 amide bonds. The Labute approximate surface area is 136 Å². The molecule has 114 valence electrons. The first-order valence-electron chi connectivity index (χ1n) is 7.59. The molecule has 1 heterocycles. The van der Waals surface area contributed by atoms with Gasteiger partial charge in [-0.05, 0) is 29.3 Å². The molecule has 22 heavy (non-hydrogen) atoms. The maximum Gasteiger partial charge on any atom is 0.0457 e. The molecule has 0 spiro atoms. The molecule has 0 aliphatic rings. The summed E-state index contributed by atoms with van der Waals surface area (Å²) in [6.07, 6.45) is 1.99. The van der Waals surface area contributed by atoms with Crippen molar-refractivity contribution in [3.63, 3.8) is 0 Å². The molecule has 0 radical (unpaired) electrons. The van der Waals surface area contributed by atoms with Gasteiger partial charge < -0.3 is 10.3 Å². The number of fused-ring (bicyclic) bond motifs is 1. The molecule has 3 rings (SSSR count). The Morgan fingerprint density at radius 1 is 1.05 bits per heavy atom. The average Bonchev–Trinajstić information content (AvgIpc) is 2.97. The Morgan fingerprint density at radius 2 is 1.86 bits per heavy atom. The summed E-state index contributed by atoms with van der Waals surface area (Å²) < 4.78 is 0. The van der Waals surface area contributed by atoms with Crippen LogP contribution in [0.4, 0.5) is 0 Å². The second kappa shape index (κ2) is 6.15. The summed E-state index contributed by atoms with van der Waals surface area (Å²) in [4.78, 5) is 3.25. The fourth-order valence-corrected chi connectivity index (χ4v) is 3.31. The predicted molar refractivity (Wildman–Crippen MR) is 94.5 cm³/mol. The van der Waals surface area contributed by atoms with Crippen LogP contribution in [0.3, 0.4) is 0 Å². The van der Waals surface area contributed by atoms with E-state index < -0.39 is 0 Å². The highest BCUT2D eigenvalue weighted by Gasteiger charge is 2.22. The molecule has 2 nitrogen and oxygen atoms in total. The number of aromatic amines is 1. The van der Waals surface area contributed by atoms with Crippen LogP contribution in [0.15, 0.2) is 54.7 Å². The summed E-state index contributed by atoms with van der Waals surface area (Å²) in [5, 5.41) is 5.70. The Morgan fingerprint density at radius 3 is 2.68 bits per heavy atom. The van der Waals surface area contributed by atoms with Crippen molar-refractivity contribution in [3.8, 4) is 0 Å². The smallest absolute Gasteiger partial charge is 0.0457 e. The number of H-pyrrole nitrogens is 1. The van der Waals surface area contributed by atoms with Crippen molar-refractivity contribution in [2.24, 2.45) is 0 Å². The first-order valence-corrected chi connectivity index (χ1v) is 7.96. The molecule has 2 N–H and O–H groups in total. The first-order chi connectivity index (χ1) is 10.6. The van der Waals surface area contributed by atoms with Gasteiger partial charge in [0.05, 0.1) is 0 Å². The molecule has 0 bridgehead atoms. The van der Waals surface area contributed by atoms with E-state index in [4.69, 9.17) is 11.6 Å². The summed E-state index contributed by atoms with van der Waals surface area (Å²) in [5.74, 6) is 0. The van der Waals surface area contributed by atoms with Gasteiger partial charge in [-0.15, -0.1) is 0 Å². The Hall–Kier alpha value is -1.77. The zero-order chi connectivity index (χ0) is 15.6. The normalized spacial score (nSPS) is 12.0. The van der Waals surface area contributed by atoms with Gasteiger partial charge in [0.25, 0.3) is 0 Å². The lowest BCUT2D eigenvalue weighted by molar-refractivity contribution is 0.469. The van der Waals surface area contributed by atoms with E-state index in [1.807, 2.05) is 24.4 Å². The largest absolute Gasteiger partial charge is 0.361 e. The van der Waals surface area contributed by atoms with Gasteiger partial charge >= 0.3 is 0 Å². The summed E-state index contributed by atoms with van der Waals surface area (Å²) in [6.45, 7) is 6.16. The zero-order valence-corrected chi connectivity index (χ0v) is 13.7. The van der Waals surface area contributed by atoms with E-state index in [1.165, 1.54) is 22.0 Å². The molecule has 3 heteroatoms. The van der Waals surface area contributed by atoms with E-state index in [9.17, 15) is 0 Å². The van der Waals surface area contributed by atoms with E-state index in [1.54, 1.807) is 0 Å². The second-order valence-corrected chi connectivity index (χ2v) is 6.73. The standard InChI is InChI=1S/C19H21ClN2/c1-19(2,16-7-3-4-8-17(16)20)13-21-12-14-6-5-9-18-15(14)10-11-22-18/h3-11,21-22H,12-13H2,1-2H3. The third kappa shape index (κ3) is 3.03. The third-order valence-electron chi connectivity index (χ3n) is 4.17. The average molecular weight is 313 g/mol. The first kappa shape index (κ1) is 15.1. The van der Waals surface area contributed by atoms with Crippen LogP contribution in [-0.2, 0) is 12.0 Å². The lowest BCUT2D eigenvalue weighted by atomic mass is 9.84. The molecule has 0 saturated heterocycles. The molecular weight excluding hydrogens is 292 g/mol. The molecule has 0 unspecified atom stereocenters. The fraction of sp³-hybridized carbons (Fsp3) is 0.263. The van der Waals surface area contributed by atoms with Crippen molar-refractivity contribution in [1.82, 2.24) is 10.3 Å². The van der Waals surface area contributed by atoms with Gasteiger partial charge in [0.15, 0.2) is 0 Å². The second-order valence-electron chi connectivity index (χ2n) is 6.32. The number of nitrogens with one attached hydrogen (secondary N) is 2. The molecular formula is C19H21ClN2. The summed E-state index contributed by atoms with van der Waals surface area (Å²) in [5.41, 5.74) is 3.67. The molecule has 0 saturated carbocycles. The van der Waals surface area contributed by atoms with Crippen molar-refractivity contribution in [2.75, 3.05) is 6.54 Å². The van der Waals surface area contributed by atoms with Crippen molar-refractivity contribution in [2.45, 2.75) is 25.8 Å². The molecule has 0 fully saturated rings. The quantitative estimate of drug-likeness (QED) is 0.690. The predicted octanol–water partition coefficient (Wildman–Crippen LogP) is 4.89. The van der Waals surface area contributed by atoms with Crippen molar-refractivity contribution in [1.29, 1.82) is 0 Å². The lowest BCUT2D eigenvalue weighted by Gasteiger charge is -2.27. The van der Waals surface area contributed by atoms with E-state index in [-0.39, 0.29) is 5.41 Å². The van der Waals surface area contributed by atoms with Crippen molar-refractivity contribution in [3.05, 3.63) is 70.9 Å². The Balaban J connectivity index is 1.70. The van der Waals surface area contributed by atoms with Crippen LogP contribution in [0.1, 0.15) is 25.0 Å². The fourth-order valence-electron chi connectivity index (χ4n) is 2.92. The summed E-state index contributed by atoms with van der Waals surface area (Å²) in [6, 6.07) is 16.6. The molecule has 0 atom stereocenters. The summed E-state index contributed by atoms with van der Waals surface area (Å²) >= 11 is 6.34. The topological polar surface area (TPSA) is 27.8 Å². The third-order valence-corrected chi connectivity index (χ3v) is 4.50. The number of rotatable bonds is 5. The number of halogens is 1. The zero-order valence-electron chi connectivity index (χ0n) is 13.0. The maximum atomic E-state index is 6.34. The van der Waals surface area contributed by atoms with Crippen molar-refractivity contribution < 1.29 is 0 Å². The van der Waals surface area contributed by atoms with Gasteiger partial charge in [0.1, 0.15) is 0 Å². The van der Waals surface area contributed by atoms with Crippen LogP contribution in [0.5, 0.6) is 0 Å². The van der Waals surface area contributed by atoms with Crippen LogP contribution in [0, 0.1) is 0 Å².